The molecule has 4 nitrogen and oxygen atoms in total. The van der Waals surface area contributed by atoms with Crippen molar-refractivity contribution in [3.05, 3.63) is 23.3 Å². The molecule has 0 spiro atoms. The number of aryl methyl sites for hydroxylation is 1. The van der Waals surface area contributed by atoms with Crippen LogP contribution >= 0.6 is 0 Å². The fraction of sp³-hybridized carbons (Fsp3) is 0.600. The predicted octanol–water partition coefficient (Wildman–Crippen LogP) is 2.42. The number of sulfonamides is 1. The van der Waals surface area contributed by atoms with E-state index in [1.54, 1.807) is 10.4 Å². The first-order chi connectivity index (χ1) is 9.40. The summed E-state index contributed by atoms with van der Waals surface area (Å²) in [5.74, 6) is 0.432. The molecule has 1 aliphatic heterocycles. The average molecular weight is 296 g/mol. The monoisotopic (exact) mass is 296 g/mol. The number of nitrogen functional groups attached to an aromatic ring is 1. The lowest BCUT2D eigenvalue weighted by Crippen LogP contribution is -2.29. The van der Waals surface area contributed by atoms with Crippen LogP contribution in [-0.4, -0.2) is 25.8 Å². The second kappa shape index (κ2) is 5.74. The third kappa shape index (κ3) is 2.69. The average Bonchev–Trinajstić information content (AvgIpc) is 2.85. The molecule has 0 aromatic heterocycles. The normalized spacial score (nSPS) is 20.4. The van der Waals surface area contributed by atoms with Crippen LogP contribution in [0.15, 0.2) is 17.0 Å². The van der Waals surface area contributed by atoms with Crippen molar-refractivity contribution in [3.8, 4) is 0 Å². The Bertz CT molecular complexity index is 596. The number of nitrogens with two attached hydrogens (primary N) is 1. The predicted molar refractivity (Wildman–Crippen MR) is 82.2 cm³/mol. The van der Waals surface area contributed by atoms with E-state index in [0.29, 0.717) is 36.0 Å². The molecular weight excluding hydrogens is 272 g/mol. The van der Waals surface area contributed by atoms with Gasteiger partial charge in [0, 0.05) is 18.8 Å². The van der Waals surface area contributed by atoms with Crippen LogP contribution in [-0.2, 0) is 22.9 Å². The van der Waals surface area contributed by atoms with Gasteiger partial charge in [0.05, 0.1) is 4.90 Å². The Morgan fingerprint density at radius 3 is 2.50 bits per heavy atom. The summed E-state index contributed by atoms with van der Waals surface area (Å²) in [5, 5.41) is 0. The van der Waals surface area contributed by atoms with Gasteiger partial charge in [-0.05, 0) is 48.4 Å². The quantitative estimate of drug-likeness (QED) is 0.868. The molecular formula is C15H24N2O2S. The molecule has 5 heteroatoms. The summed E-state index contributed by atoms with van der Waals surface area (Å²) in [4.78, 5) is 0.408. The van der Waals surface area contributed by atoms with Crippen LogP contribution < -0.4 is 5.73 Å². The Morgan fingerprint density at radius 2 is 2.00 bits per heavy atom. The van der Waals surface area contributed by atoms with Crippen LogP contribution in [0.4, 0.5) is 5.69 Å². The molecule has 1 aliphatic rings. The molecule has 0 radical (unpaired) electrons. The lowest BCUT2D eigenvalue weighted by atomic mass is 10.1. The molecule has 2 rings (SSSR count). The minimum Gasteiger partial charge on any atom is -0.398 e. The van der Waals surface area contributed by atoms with E-state index >= 15 is 0 Å². The van der Waals surface area contributed by atoms with Crippen molar-refractivity contribution >= 4 is 15.7 Å². The zero-order valence-corrected chi connectivity index (χ0v) is 13.3. The van der Waals surface area contributed by atoms with E-state index in [1.807, 2.05) is 19.9 Å². The van der Waals surface area contributed by atoms with Gasteiger partial charge >= 0.3 is 0 Å². The molecule has 1 aromatic rings. The first-order valence-corrected chi connectivity index (χ1v) is 8.75. The number of benzene rings is 1. The molecule has 1 aromatic carbocycles. The summed E-state index contributed by atoms with van der Waals surface area (Å²) in [6, 6.07) is 3.69. The van der Waals surface area contributed by atoms with Gasteiger partial charge in [0.2, 0.25) is 10.0 Å². The zero-order valence-electron chi connectivity index (χ0n) is 12.5. The first-order valence-electron chi connectivity index (χ1n) is 7.31. The van der Waals surface area contributed by atoms with Crippen LogP contribution in [0.5, 0.6) is 0 Å². The van der Waals surface area contributed by atoms with Crippen molar-refractivity contribution in [1.29, 1.82) is 0 Å². The number of rotatable bonds is 4. The van der Waals surface area contributed by atoms with Gasteiger partial charge in [-0.2, -0.15) is 4.31 Å². The Kier molecular flexibility index (Phi) is 4.39. The van der Waals surface area contributed by atoms with Crippen LogP contribution in [0, 0.1) is 5.92 Å². The third-order valence-corrected chi connectivity index (χ3v) is 6.00. The molecule has 2 N–H and O–H groups in total. The fourth-order valence-electron chi connectivity index (χ4n) is 2.79. The summed E-state index contributed by atoms with van der Waals surface area (Å²) in [7, 11) is -3.42. The SMILES string of the molecule is CCc1cc(N)c(CC)c(S(=O)(=O)N2CCC(C)C2)c1. The molecule has 20 heavy (non-hydrogen) atoms. The molecule has 112 valence electrons. The molecule has 1 heterocycles. The van der Waals surface area contributed by atoms with Crippen LogP contribution in [0.3, 0.4) is 0 Å². The number of hydrogen-bond donors (Lipinski definition) is 1. The van der Waals surface area contributed by atoms with Crippen molar-refractivity contribution in [3.63, 3.8) is 0 Å². The highest BCUT2D eigenvalue weighted by Gasteiger charge is 2.32. The van der Waals surface area contributed by atoms with Gasteiger partial charge in [0.15, 0.2) is 0 Å². The Labute approximate surface area is 122 Å². The molecule has 0 aliphatic carbocycles. The van der Waals surface area contributed by atoms with Crippen molar-refractivity contribution in [2.75, 3.05) is 18.8 Å². The van der Waals surface area contributed by atoms with E-state index in [1.165, 1.54) is 0 Å². The molecule has 0 saturated carbocycles. The summed E-state index contributed by atoms with van der Waals surface area (Å²) in [5.41, 5.74) is 8.37. The smallest absolute Gasteiger partial charge is 0.243 e. The molecule has 1 unspecified atom stereocenters. The number of hydrogen-bond acceptors (Lipinski definition) is 3. The topological polar surface area (TPSA) is 63.4 Å². The first kappa shape index (κ1) is 15.3. The van der Waals surface area contributed by atoms with Crippen molar-refractivity contribution in [2.45, 2.75) is 44.9 Å². The van der Waals surface area contributed by atoms with E-state index in [-0.39, 0.29) is 0 Å². The van der Waals surface area contributed by atoms with Crippen molar-refractivity contribution < 1.29 is 8.42 Å². The van der Waals surface area contributed by atoms with Gasteiger partial charge < -0.3 is 5.73 Å². The molecule has 1 fully saturated rings. The Morgan fingerprint density at radius 1 is 1.30 bits per heavy atom. The van der Waals surface area contributed by atoms with Crippen molar-refractivity contribution in [1.82, 2.24) is 4.31 Å². The molecule has 1 atom stereocenters. The lowest BCUT2D eigenvalue weighted by molar-refractivity contribution is 0.463. The van der Waals surface area contributed by atoms with E-state index in [9.17, 15) is 8.42 Å². The highest BCUT2D eigenvalue weighted by Crippen LogP contribution is 2.30. The zero-order chi connectivity index (χ0) is 14.9. The largest absolute Gasteiger partial charge is 0.398 e. The number of anilines is 1. The Balaban J connectivity index is 2.52. The summed E-state index contributed by atoms with van der Waals surface area (Å²) >= 11 is 0. The highest BCUT2D eigenvalue weighted by molar-refractivity contribution is 7.89. The minimum absolute atomic E-state index is 0.408. The maximum absolute atomic E-state index is 12.9. The maximum Gasteiger partial charge on any atom is 0.243 e. The lowest BCUT2D eigenvalue weighted by Gasteiger charge is -2.20. The molecule has 0 amide bonds. The third-order valence-electron chi connectivity index (χ3n) is 4.07. The van der Waals surface area contributed by atoms with Gasteiger partial charge in [-0.3, -0.25) is 0 Å². The summed E-state index contributed by atoms with van der Waals surface area (Å²) in [6.45, 7) is 7.27. The second-order valence-electron chi connectivity index (χ2n) is 5.63. The van der Waals surface area contributed by atoms with E-state index in [4.69, 9.17) is 5.73 Å². The Hall–Kier alpha value is -1.07. The van der Waals surface area contributed by atoms with Crippen LogP contribution in [0.2, 0.25) is 0 Å². The van der Waals surface area contributed by atoms with E-state index < -0.39 is 10.0 Å². The highest BCUT2D eigenvalue weighted by atomic mass is 32.2. The second-order valence-corrected chi connectivity index (χ2v) is 7.53. The van der Waals surface area contributed by atoms with Gasteiger partial charge in [0.1, 0.15) is 0 Å². The van der Waals surface area contributed by atoms with E-state index in [2.05, 4.69) is 6.92 Å². The van der Waals surface area contributed by atoms with E-state index in [0.717, 1.165) is 24.0 Å². The standard InChI is InChI=1S/C15H24N2O2S/c1-4-12-8-14(16)13(5-2)15(9-12)20(18,19)17-7-6-11(3)10-17/h8-9,11H,4-7,10,16H2,1-3H3. The maximum atomic E-state index is 12.9. The summed E-state index contributed by atoms with van der Waals surface area (Å²) < 4.78 is 27.3. The van der Waals surface area contributed by atoms with Crippen LogP contribution in [0.25, 0.3) is 0 Å². The van der Waals surface area contributed by atoms with Gasteiger partial charge in [-0.15, -0.1) is 0 Å². The van der Waals surface area contributed by atoms with Gasteiger partial charge in [-0.25, -0.2) is 8.42 Å². The fourth-order valence-corrected chi connectivity index (χ4v) is 4.74. The molecule has 1 saturated heterocycles. The van der Waals surface area contributed by atoms with Crippen molar-refractivity contribution in [2.24, 2.45) is 5.92 Å². The van der Waals surface area contributed by atoms with Crippen LogP contribution in [0.1, 0.15) is 38.3 Å². The molecule has 0 bridgehead atoms. The van der Waals surface area contributed by atoms with Gasteiger partial charge in [-0.1, -0.05) is 20.8 Å². The van der Waals surface area contributed by atoms with Gasteiger partial charge in [0.25, 0.3) is 0 Å². The summed E-state index contributed by atoms with van der Waals surface area (Å²) in [6.07, 6.45) is 2.35. The minimum atomic E-state index is -3.42. The number of nitrogens with zero attached hydrogens (tertiary/aromatic N) is 1.